The first kappa shape index (κ1) is 12.6. The molecule has 2 N–H and O–H groups in total. The van der Waals surface area contributed by atoms with Gasteiger partial charge in [-0.2, -0.15) is 0 Å². The fourth-order valence-corrected chi connectivity index (χ4v) is 2.64. The average molecular weight is 262 g/mol. The van der Waals surface area contributed by atoms with Gasteiger partial charge in [0.1, 0.15) is 25.7 Å². The van der Waals surface area contributed by atoms with E-state index in [2.05, 4.69) is 4.98 Å². The molecule has 1 aliphatic rings. The van der Waals surface area contributed by atoms with Crippen LogP contribution in [0.15, 0.2) is 30.6 Å². The zero-order chi connectivity index (χ0) is 13.1. The van der Waals surface area contributed by atoms with E-state index >= 15 is 0 Å². The van der Waals surface area contributed by atoms with E-state index in [-0.39, 0.29) is 6.10 Å². The number of imidazole rings is 1. The number of morpholine rings is 1. The largest absolute Gasteiger partial charge is 0.385 e. The van der Waals surface area contributed by atoms with Gasteiger partial charge < -0.3 is 19.3 Å². The van der Waals surface area contributed by atoms with Gasteiger partial charge in [0.2, 0.25) is 0 Å². The lowest BCUT2D eigenvalue weighted by molar-refractivity contribution is -0.911. The SMILES string of the molecule is O[C@H](Cn1cnc2ccccc21)C[NH+]1CCOCC1. The van der Waals surface area contributed by atoms with E-state index in [9.17, 15) is 5.11 Å². The van der Waals surface area contributed by atoms with Gasteiger partial charge in [0.05, 0.1) is 37.1 Å². The quantitative estimate of drug-likeness (QED) is 0.767. The van der Waals surface area contributed by atoms with Crippen molar-refractivity contribution in [1.82, 2.24) is 9.55 Å². The smallest absolute Gasteiger partial charge is 0.121 e. The van der Waals surface area contributed by atoms with Crippen LogP contribution in [0.2, 0.25) is 0 Å². The molecule has 2 heterocycles. The molecule has 3 rings (SSSR count). The first-order chi connectivity index (χ1) is 9.33. The maximum atomic E-state index is 10.2. The summed E-state index contributed by atoms with van der Waals surface area (Å²) in [7, 11) is 0. The lowest BCUT2D eigenvalue weighted by Crippen LogP contribution is -3.15. The normalized spacial score (nSPS) is 18.8. The number of benzene rings is 1. The summed E-state index contributed by atoms with van der Waals surface area (Å²) in [5.41, 5.74) is 2.06. The van der Waals surface area contributed by atoms with Crippen molar-refractivity contribution in [3.05, 3.63) is 30.6 Å². The number of quaternary nitrogens is 1. The lowest BCUT2D eigenvalue weighted by atomic mass is 10.2. The van der Waals surface area contributed by atoms with Crippen LogP contribution in [0.3, 0.4) is 0 Å². The molecular formula is C14H20N3O2+. The van der Waals surface area contributed by atoms with Crippen molar-refractivity contribution < 1.29 is 14.7 Å². The van der Waals surface area contributed by atoms with E-state index in [0.717, 1.165) is 43.9 Å². The molecule has 1 saturated heterocycles. The van der Waals surface area contributed by atoms with Crippen molar-refractivity contribution in [1.29, 1.82) is 0 Å². The number of aliphatic hydroxyl groups is 1. The number of nitrogens with zero attached hydrogens (tertiary/aromatic N) is 2. The van der Waals surface area contributed by atoms with Gasteiger partial charge >= 0.3 is 0 Å². The Balaban J connectivity index is 1.63. The lowest BCUT2D eigenvalue weighted by Gasteiger charge is -2.25. The third-order valence-electron chi connectivity index (χ3n) is 3.66. The second-order valence-corrected chi connectivity index (χ2v) is 5.11. The molecule has 1 aromatic heterocycles. The van der Waals surface area contributed by atoms with Crippen LogP contribution in [0.4, 0.5) is 0 Å². The van der Waals surface area contributed by atoms with E-state index in [0.29, 0.717) is 6.54 Å². The third-order valence-corrected chi connectivity index (χ3v) is 3.66. The molecule has 19 heavy (non-hydrogen) atoms. The minimum atomic E-state index is -0.342. The highest BCUT2D eigenvalue weighted by Crippen LogP contribution is 2.11. The van der Waals surface area contributed by atoms with Gasteiger partial charge in [0, 0.05) is 0 Å². The maximum Gasteiger partial charge on any atom is 0.121 e. The molecule has 0 aliphatic carbocycles. The minimum Gasteiger partial charge on any atom is -0.385 e. The summed E-state index contributed by atoms with van der Waals surface area (Å²) in [6.07, 6.45) is 1.47. The predicted octanol–water partition coefficient (Wildman–Crippen LogP) is -0.688. The molecule has 5 heteroatoms. The summed E-state index contributed by atoms with van der Waals surface area (Å²) >= 11 is 0. The van der Waals surface area contributed by atoms with E-state index in [4.69, 9.17) is 4.74 Å². The summed E-state index contributed by atoms with van der Waals surface area (Å²) < 4.78 is 7.35. The fraction of sp³-hybridized carbons (Fsp3) is 0.500. The number of nitrogens with one attached hydrogen (secondary N) is 1. The maximum absolute atomic E-state index is 10.2. The zero-order valence-corrected chi connectivity index (χ0v) is 11.0. The number of fused-ring (bicyclic) bond motifs is 1. The third kappa shape index (κ3) is 2.94. The highest BCUT2D eigenvalue weighted by atomic mass is 16.5. The first-order valence-corrected chi connectivity index (χ1v) is 6.82. The zero-order valence-electron chi connectivity index (χ0n) is 11.0. The van der Waals surface area contributed by atoms with Crippen molar-refractivity contribution in [2.75, 3.05) is 32.8 Å². The summed E-state index contributed by atoms with van der Waals surface area (Å²) in [5, 5.41) is 10.2. The van der Waals surface area contributed by atoms with Gasteiger partial charge in [-0.1, -0.05) is 12.1 Å². The number of hydrogen-bond donors (Lipinski definition) is 2. The molecule has 1 aliphatic heterocycles. The fourth-order valence-electron chi connectivity index (χ4n) is 2.64. The average Bonchev–Trinajstić information content (AvgIpc) is 2.83. The van der Waals surface area contributed by atoms with E-state index in [1.807, 2.05) is 35.2 Å². The molecule has 102 valence electrons. The number of rotatable bonds is 4. The van der Waals surface area contributed by atoms with Crippen molar-refractivity contribution in [3.8, 4) is 0 Å². The number of ether oxygens (including phenoxy) is 1. The second-order valence-electron chi connectivity index (χ2n) is 5.11. The van der Waals surface area contributed by atoms with E-state index in [1.165, 1.54) is 4.90 Å². The Morgan fingerprint density at radius 2 is 2.11 bits per heavy atom. The summed E-state index contributed by atoms with van der Waals surface area (Å²) in [4.78, 5) is 5.76. The Bertz CT molecular complexity index is 534. The van der Waals surface area contributed by atoms with Crippen LogP contribution in [0, 0.1) is 0 Å². The van der Waals surface area contributed by atoms with E-state index in [1.54, 1.807) is 0 Å². The van der Waals surface area contributed by atoms with Crippen LogP contribution in [-0.4, -0.2) is 53.6 Å². The molecule has 1 aromatic carbocycles. The van der Waals surface area contributed by atoms with Crippen LogP contribution in [0.25, 0.3) is 11.0 Å². The second kappa shape index (κ2) is 5.69. The van der Waals surface area contributed by atoms with Crippen molar-refractivity contribution in [2.45, 2.75) is 12.6 Å². The molecule has 0 bridgehead atoms. The molecule has 0 saturated carbocycles. The topological polar surface area (TPSA) is 51.7 Å². The van der Waals surface area contributed by atoms with Gasteiger partial charge in [-0.25, -0.2) is 4.98 Å². The van der Waals surface area contributed by atoms with E-state index < -0.39 is 0 Å². The Morgan fingerprint density at radius 1 is 1.32 bits per heavy atom. The molecule has 1 fully saturated rings. The van der Waals surface area contributed by atoms with Crippen molar-refractivity contribution in [3.63, 3.8) is 0 Å². The molecule has 1 atom stereocenters. The standard InChI is InChI=1S/C14H19N3O2/c18-12(9-16-5-7-19-8-6-16)10-17-11-15-13-3-1-2-4-14(13)17/h1-4,11-12,18H,5-10H2/p+1/t12-/m0/s1. The Kier molecular flexibility index (Phi) is 3.77. The highest BCUT2D eigenvalue weighted by Gasteiger charge is 2.18. The Hall–Kier alpha value is -1.43. The number of para-hydroxylation sites is 2. The summed E-state index contributed by atoms with van der Waals surface area (Å²) in [5.74, 6) is 0. The first-order valence-electron chi connectivity index (χ1n) is 6.82. The van der Waals surface area contributed by atoms with Gasteiger partial charge in [-0.3, -0.25) is 0 Å². The molecule has 0 unspecified atom stereocenters. The van der Waals surface area contributed by atoms with Crippen LogP contribution in [0.5, 0.6) is 0 Å². The van der Waals surface area contributed by atoms with Crippen LogP contribution in [-0.2, 0) is 11.3 Å². The highest BCUT2D eigenvalue weighted by molar-refractivity contribution is 5.74. The molecule has 0 amide bonds. The monoisotopic (exact) mass is 262 g/mol. The van der Waals surface area contributed by atoms with Crippen LogP contribution < -0.4 is 4.90 Å². The van der Waals surface area contributed by atoms with Crippen LogP contribution >= 0.6 is 0 Å². The van der Waals surface area contributed by atoms with Crippen LogP contribution in [0.1, 0.15) is 0 Å². The van der Waals surface area contributed by atoms with Gasteiger partial charge in [0.25, 0.3) is 0 Å². The van der Waals surface area contributed by atoms with Gasteiger partial charge in [0.15, 0.2) is 0 Å². The molecule has 2 aromatic rings. The number of aliphatic hydroxyl groups excluding tert-OH is 1. The van der Waals surface area contributed by atoms with Gasteiger partial charge in [-0.05, 0) is 12.1 Å². The van der Waals surface area contributed by atoms with Gasteiger partial charge in [-0.15, -0.1) is 0 Å². The molecule has 0 spiro atoms. The number of hydrogen-bond acceptors (Lipinski definition) is 3. The molecular weight excluding hydrogens is 242 g/mol. The summed E-state index contributed by atoms with van der Waals surface area (Å²) in [6, 6.07) is 8.01. The minimum absolute atomic E-state index is 0.342. The Morgan fingerprint density at radius 3 is 2.95 bits per heavy atom. The molecule has 5 nitrogen and oxygen atoms in total. The van der Waals surface area contributed by atoms with Crippen molar-refractivity contribution >= 4 is 11.0 Å². The molecule has 0 radical (unpaired) electrons. The predicted molar refractivity (Wildman–Crippen MR) is 72.1 cm³/mol. The van der Waals surface area contributed by atoms with Crippen molar-refractivity contribution in [2.24, 2.45) is 0 Å². The number of aromatic nitrogens is 2. The Labute approximate surface area is 112 Å². The summed E-state index contributed by atoms with van der Waals surface area (Å²) in [6.45, 7) is 4.95.